The van der Waals surface area contributed by atoms with E-state index in [1.807, 2.05) is 23.1 Å². The van der Waals surface area contributed by atoms with E-state index in [2.05, 4.69) is 15.6 Å². The lowest BCUT2D eigenvalue weighted by Crippen LogP contribution is -2.38. The van der Waals surface area contributed by atoms with Crippen molar-refractivity contribution >= 4 is 11.9 Å². The smallest absolute Gasteiger partial charge is 0.315 e. The van der Waals surface area contributed by atoms with Gasteiger partial charge in [0.25, 0.3) is 0 Å². The zero-order chi connectivity index (χ0) is 15.6. The number of urea groups is 1. The van der Waals surface area contributed by atoms with Crippen LogP contribution in [0, 0.1) is 0 Å². The SMILES string of the molecule is O=C(NCCCN1CCCCCC1=O)NCc1ccccn1. The topological polar surface area (TPSA) is 74.3 Å². The van der Waals surface area contributed by atoms with Crippen LogP contribution >= 0.6 is 0 Å². The van der Waals surface area contributed by atoms with Crippen molar-refractivity contribution in [3.05, 3.63) is 30.1 Å². The molecule has 1 fully saturated rings. The van der Waals surface area contributed by atoms with Crippen LogP contribution in [0.5, 0.6) is 0 Å². The first-order valence-corrected chi connectivity index (χ1v) is 7.95. The van der Waals surface area contributed by atoms with Gasteiger partial charge in [-0.2, -0.15) is 0 Å². The number of nitrogens with one attached hydrogen (secondary N) is 2. The van der Waals surface area contributed by atoms with Gasteiger partial charge in [-0.15, -0.1) is 0 Å². The van der Waals surface area contributed by atoms with Gasteiger partial charge in [0.15, 0.2) is 0 Å². The Labute approximate surface area is 131 Å². The standard InChI is InChI=1S/C16H24N4O2/c21-15-8-2-1-5-11-20(15)12-6-10-18-16(22)19-13-14-7-3-4-9-17-14/h3-4,7,9H,1-2,5-6,8,10-13H2,(H2,18,19,22). The Morgan fingerprint density at radius 1 is 1.23 bits per heavy atom. The van der Waals surface area contributed by atoms with Gasteiger partial charge in [0.05, 0.1) is 12.2 Å². The van der Waals surface area contributed by atoms with E-state index in [4.69, 9.17) is 0 Å². The largest absolute Gasteiger partial charge is 0.343 e. The zero-order valence-electron chi connectivity index (χ0n) is 12.9. The molecule has 1 aromatic rings. The van der Waals surface area contributed by atoms with Gasteiger partial charge in [0.2, 0.25) is 5.91 Å². The molecule has 1 aliphatic heterocycles. The Hall–Kier alpha value is -2.11. The normalized spacial score (nSPS) is 15.3. The fraction of sp³-hybridized carbons (Fsp3) is 0.562. The number of pyridine rings is 1. The minimum absolute atomic E-state index is 0.201. The van der Waals surface area contributed by atoms with E-state index in [1.165, 1.54) is 0 Å². The summed E-state index contributed by atoms with van der Waals surface area (Å²) in [6, 6.07) is 5.40. The fourth-order valence-electron chi connectivity index (χ4n) is 2.48. The number of rotatable bonds is 6. The van der Waals surface area contributed by atoms with Crippen molar-refractivity contribution in [2.24, 2.45) is 0 Å². The fourth-order valence-corrected chi connectivity index (χ4v) is 2.48. The lowest BCUT2D eigenvalue weighted by molar-refractivity contribution is -0.130. The molecule has 0 aliphatic carbocycles. The highest BCUT2D eigenvalue weighted by molar-refractivity contribution is 5.76. The molecule has 6 heteroatoms. The Kier molecular flexibility index (Phi) is 6.67. The number of aromatic nitrogens is 1. The first kappa shape index (κ1) is 16.3. The third kappa shape index (κ3) is 5.71. The van der Waals surface area contributed by atoms with Gasteiger partial charge in [-0.1, -0.05) is 12.5 Å². The quantitative estimate of drug-likeness (QED) is 0.785. The molecule has 1 saturated heterocycles. The van der Waals surface area contributed by atoms with E-state index in [0.717, 1.165) is 44.5 Å². The Morgan fingerprint density at radius 3 is 2.95 bits per heavy atom. The van der Waals surface area contributed by atoms with E-state index >= 15 is 0 Å². The molecule has 6 nitrogen and oxygen atoms in total. The molecule has 1 aliphatic rings. The van der Waals surface area contributed by atoms with Crippen molar-refractivity contribution in [2.45, 2.75) is 38.6 Å². The first-order valence-electron chi connectivity index (χ1n) is 7.95. The van der Waals surface area contributed by atoms with E-state index in [0.29, 0.717) is 19.5 Å². The summed E-state index contributed by atoms with van der Waals surface area (Å²) in [5, 5.41) is 5.57. The maximum absolute atomic E-state index is 11.8. The predicted octanol–water partition coefficient (Wildman–Crippen LogP) is 1.67. The maximum atomic E-state index is 11.8. The lowest BCUT2D eigenvalue weighted by atomic mass is 10.2. The van der Waals surface area contributed by atoms with Crippen LogP contribution in [0.15, 0.2) is 24.4 Å². The van der Waals surface area contributed by atoms with Gasteiger partial charge in [-0.05, 0) is 31.4 Å². The molecule has 1 aromatic heterocycles. The summed E-state index contributed by atoms with van der Waals surface area (Å²) in [5.74, 6) is 0.247. The summed E-state index contributed by atoms with van der Waals surface area (Å²) in [6.07, 6.45) is 6.37. The second kappa shape index (κ2) is 9.02. The van der Waals surface area contributed by atoms with Crippen LogP contribution in [0.25, 0.3) is 0 Å². The van der Waals surface area contributed by atoms with E-state index in [-0.39, 0.29) is 11.9 Å². The highest BCUT2D eigenvalue weighted by atomic mass is 16.2. The average molecular weight is 304 g/mol. The predicted molar refractivity (Wildman–Crippen MR) is 84.1 cm³/mol. The molecule has 0 unspecified atom stereocenters. The molecule has 22 heavy (non-hydrogen) atoms. The highest BCUT2D eigenvalue weighted by Gasteiger charge is 2.15. The van der Waals surface area contributed by atoms with Crippen molar-refractivity contribution in [1.82, 2.24) is 20.5 Å². The van der Waals surface area contributed by atoms with Crippen LogP contribution < -0.4 is 10.6 Å². The number of hydrogen-bond donors (Lipinski definition) is 2. The molecular formula is C16H24N4O2. The average Bonchev–Trinajstić information content (AvgIpc) is 2.75. The summed E-state index contributed by atoms with van der Waals surface area (Å²) in [5.41, 5.74) is 0.827. The molecule has 2 N–H and O–H groups in total. The number of amides is 3. The number of hydrogen-bond acceptors (Lipinski definition) is 3. The van der Waals surface area contributed by atoms with Crippen LogP contribution in [0.3, 0.4) is 0 Å². The van der Waals surface area contributed by atoms with Gasteiger partial charge in [0, 0.05) is 32.3 Å². The van der Waals surface area contributed by atoms with Crippen molar-refractivity contribution < 1.29 is 9.59 Å². The molecule has 3 amide bonds. The first-order chi connectivity index (χ1) is 10.8. The molecule has 2 rings (SSSR count). The number of carbonyl (C=O) groups is 2. The number of carbonyl (C=O) groups excluding carboxylic acids is 2. The Balaban J connectivity index is 1.57. The molecule has 0 radical (unpaired) electrons. The van der Waals surface area contributed by atoms with Gasteiger partial charge >= 0.3 is 6.03 Å². The second-order valence-corrected chi connectivity index (χ2v) is 5.48. The van der Waals surface area contributed by atoms with Gasteiger partial charge < -0.3 is 15.5 Å². The van der Waals surface area contributed by atoms with Crippen molar-refractivity contribution in [1.29, 1.82) is 0 Å². The lowest BCUT2D eigenvalue weighted by Gasteiger charge is -2.20. The van der Waals surface area contributed by atoms with Gasteiger partial charge in [-0.3, -0.25) is 9.78 Å². The van der Waals surface area contributed by atoms with Crippen molar-refractivity contribution in [2.75, 3.05) is 19.6 Å². The van der Waals surface area contributed by atoms with Crippen LogP contribution in [0.2, 0.25) is 0 Å². The molecule has 2 heterocycles. The molecular weight excluding hydrogens is 280 g/mol. The van der Waals surface area contributed by atoms with Crippen molar-refractivity contribution in [3.8, 4) is 0 Å². The molecule has 0 saturated carbocycles. The summed E-state index contributed by atoms with van der Waals surface area (Å²) in [6.45, 7) is 2.55. The molecule has 0 aromatic carbocycles. The van der Waals surface area contributed by atoms with Crippen molar-refractivity contribution in [3.63, 3.8) is 0 Å². The minimum atomic E-state index is -0.201. The molecule has 0 atom stereocenters. The Bertz CT molecular complexity index is 478. The molecule has 120 valence electrons. The van der Waals surface area contributed by atoms with E-state index < -0.39 is 0 Å². The van der Waals surface area contributed by atoms with Crippen LogP contribution in [0.1, 0.15) is 37.8 Å². The summed E-state index contributed by atoms with van der Waals surface area (Å²) < 4.78 is 0. The second-order valence-electron chi connectivity index (χ2n) is 5.48. The van der Waals surface area contributed by atoms with Crippen LogP contribution in [-0.2, 0) is 11.3 Å². The summed E-state index contributed by atoms with van der Waals surface area (Å²) in [7, 11) is 0. The highest BCUT2D eigenvalue weighted by Crippen LogP contribution is 2.11. The summed E-state index contributed by atoms with van der Waals surface area (Å²) >= 11 is 0. The Morgan fingerprint density at radius 2 is 2.14 bits per heavy atom. The third-order valence-electron chi connectivity index (χ3n) is 3.72. The molecule has 0 spiro atoms. The zero-order valence-corrected chi connectivity index (χ0v) is 12.9. The van der Waals surface area contributed by atoms with Gasteiger partial charge in [-0.25, -0.2) is 4.79 Å². The number of likely N-dealkylation sites (tertiary alicyclic amines) is 1. The van der Waals surface area contributed by atoms with Gasteiger partial charge in [0.1, 0.15) is 0 Å². The monoisotopic (exact) mass is 304 g/mol. The molecule has 0 bridgehead atoms. The van der Waals surface area contributed by atoms with Crippen LogP contribution in [-0.4, -0.2) is 41.5 Å². The minimum Gasteiger partial charge on any atom is -0.343 e. The van der Waals surface area contributed by atoms with Crippen LogP contribution in [0.4, 0.5) is 4.79 Å². The maximum Gasteiger partial charge on any atom is 0.315 e. The van der Waals surface area contributed by atoms with E-state index in [1.54, 1.807) is 6.20 Å². The summed E-state index contributed by atoms with van der Waals surface area (Å²) in [4.78, 5) is 29.5. The van der Waals surface area contributed by atoms with E-state index in [9.17, 15) is 9.59 Å². The third-order valence-corrected chi connectivity index (χ3v) is 3.72. The number of nitrogens with zero attached hydrogens (tertiary/aromatic N) is 2.